The number of rotatable bonds is 6. The van der Waals surface area contributed by atoms with Crippen LogP contribution in [0.2, 0.25) is 0 Å². The minimum Gasteiger partial charge on any atom is -0.350 e. The molecule has 0 bridgehead atoms. The molecule has 1 N–H and O–H groups in total. The molecule has 202 valence electrons. The van der Waals surface area contributed by atoms with Crippen LogP contribution in [0.5, 0.6) is 0 Å². The lowest BCUT2D eigenvalue weighted by Gasteiger charge is -2.41. The highest BCUT2D eigenvalue weighted by Crippen LogP contribution is 2.31. The van der Waals surface area contributed by atoms with Crippen molar-refractivity contribution in [3.8, 4) is 6.07 Å². The molecule has 0 spiro atoms. The Morgan fingerprint density at radius 1 is 1.11 bits per heavy atom. The van der Waals surface area contributed by atoms with E-state index >= 15 is 0 Å². The maximum absolute atomic E-state index is 13.5. The van der Waals surface area contributed by atoms with Crippen molar-refractivity contribution in [2.24, 2.45) is 17.8 Å². The summed E-state index contributed by atoms with van der Waals surface area (Å²) >= 11 is 0. The van der Waals surface area contributed by atoms with E-state index in [0.717, 1.165) is 12.1 Å². The summed E-state index contributed by atoms with van der Waals surface area (Å²) in [5, 5.41) is 11.7. The molecule has 3 aliphatic heterocycles. The summed E-state index contributed by atoms with van der Waals surface area (Å²) in [6, 6.07) is 5.84. The van der Waals surface area contributed by atoms with Gasteiger partial charge in [-0.2, -0.15) is 35.5 Å². The lowest BCUT2D eigenvalue weighted by atomic mass is 9.97. The lowest BCUT2D eigenvalue weighted by molar-refractivity contribution is -0.142. The van der Waals surface area contributed by atoms with Gasteiger partial charge < -0.3 is 10.2 Å². The molecule has 3 atom stereocenters. The van der Waals surface area contributed by atoms with Crippen LogP contribution in [0.1, 0.15) is 37.3 Å². The number of nitrogens with zero attached hydrogens (tertiary/aromatic N) is 4. The van der Waals surface area contributed by atoms with Gasteiger partial charge >= 0.3 is 6.18 Å². The second-order valence-electron chi connectivity index (χ2n) is 10.1. The number of halogens is 3. The maximum Gasteiger partial charge on any atom is 0.416 e. The lowest BCUT2D eigenvalue weighted by Crippen LogP contribution is -2.57. The highest BCUT2D eigenvalue weighted by molar-refractivity contribution is 7.86. The molecule has 0 radical (unpaired) electrons. The fourth-order valence-corrected chi connectivity index (χ4v) is 6.91. The number of piperidine rings is 1. The molecule has 0 unspecified atom stereocenters. The Hall–Kier alpha value is -2.69. The minimum atomic E-state index is -4.44. The predicted octanol–water partition coefficient (Wildman–Crippen LogP) is 1.97. The summed E-state index contributed by atoms with van der Waals surface area (Å²) in [4.78, 5) is 28.0. The van der Waals surface area contributed by atoms with Crippen LogP contribution in [-0.2, 0) is 32.5 Å². The van der Waals surface area contributed by atoms with E-state index in [1.165, 1.54) is 25.6 Å². The molecule has 1 aromatic rings. The van der Waals surface area contributed by atoms with Gasteiger partial charge in [-0.15, -0.1) is 0 Å². The SMILES string of the molecule is C[C@@H]1C[C@H](C(=O)NCc2ccc(C(F)(F)F)cc2)N(C(=O)[C@H]2CCCN(S(=O)(=O)N3CC(C#N)C3)C2)C1. The number of likely N-dealkylation sites (tertiary alicyclic amines) is 1. The zero-order valence-electron chi connectivity index (χ0n) is 20.4. The van der Waals surface area contributed by atoms with Crippen LogP contribution in [-0.4, -0.2) is 72.5 Å². The molecule has 1 aromatic carbocycles. The normalized spacial score (nSPS) is 25.9. The highest BCUT2D eigenvalue weighted by atomic mass is 32.2. The van der Waals surface area contributed by atoms with E-state index < -0.39 is 33.9 Å². The molecule has 13 heteroatoms. The van der Waals surface area contributed by atoms with Gasteiger partial charge in [-0.05, 0) is 42.9 Å². The summed E-state index contributed by atoms with van der Waals surface area (Å²) in [5.41, 5.74) is -0.269. The van der Waals surface area contributed by atoms with Crippen molar-refractivity contribution in [2.45, 2.75) is 44.9 Å². The van der Waals surface area contributed by atoms with Crippen molar-refractivity contribution >= 4 is 22.0 Å². The molecule has 2 amide bonds. The maximum atomic E-state index is 13.5. The van der Waals surface area contributed by atoms with E-state index in [2.05, 4.69) is 11.4 Å². The monoisotopic (exact) mass is 541 g/mol. The fourth-order valence-electron chi connectivity index (χ4n) is 5.12. The van der Waals surface area contributed by atoms with Gasteiger partial charge in [0.25, 0.3) is 10.2 Å². The highest BCUT2D eigenvalue weighted by Gasteiger charge is 2.45. The van der Waals surface area contributed by atoms with Crippen LogP contribution in [0.4, 0.5) is 13.2 Å². The van der Waals surface area contributed by atoms with Crippen LogP contribution >= 0.6 is 0 Å². The van der Waals surface area contributed by atoms with Crippen molar-refractivity contribution in [1.29, 1.82) is 5.26 Å². The third-order valence-electron chi connectivity index (χ3n) is 7.26. The van der Waals surface area contributed by atoms with Gasteiger partial charge in [0, 0.05) is 39.3 Å². The molecule has 3 aliphatic rings. The van der Waals surface area contributed by atoms with Crippen molar-refractivity contribution in [1.82, 2.24) is 18.8 Å². The van der Waals surface area contributed by atoms with Gasteiger partial charge in [0.05, 0.1) is 23.5 Å². The van der Waals surface area contributed by atoms with E-state index in [9.17, 15) is 31.2 Å². The summed E-state index contributed by atoms with van der Waals surface area (Å²) in [6.07, 6.45) is -2.97. The van der Waals surface area contributed by atoms with E-state index in [4.69, 9.17) is 5.26 Å². The average Bonchev–Trinajstić information content (AvgIpc) is 3.22. The number of carbonyl (C=O) groups is 2. The summed E-state index contributed by atoms with van der Waals surface area (Å²) in [5.74, 6) is -1.48. The zero-order valence-corrected chi connectivity index (χ0v) is 21.3. The zero-order chi connectivity index (χ0) is 27.0. The molecule has 0 aromatic heterocycles. The summed E-state index contributed by atoms with van der Waals surface area (Å²) < 4.78 is 66.7. The van der Waals surface area contributed by atoms with Crippen LogP contribution < -0.4 is 5.32 Å². The van der Waals surface area contributed by atoms with Gasteiger partial charge in [0.2, 0.25) is 11.8 Å². The standard InChI is InChI=1S/C24H30F3N5O4S/c1-16-9-21(22(33)29-11-17-4-6-20(7-5-17)24(25,26)27)32(12-16)23(34)19-3-2-8-30(15-19)37(35,36)31-13-18(10-28)14-31/h4-7,16,18-19,21H,2-3,8-9,11-15H2,1H3,(H,29,33)/t16-,19+,21-/m1/s1. The Balaban J connectivity index is 1.37. The number of alkyl halides is 3. The Bertz CT molecular complexity index is 1160. The summed E-state index contributed by atoms with van der Waals surface area (Å²) in [7, 11) is -3.76. The first kappa shape index (κ1) is 27.3. The van der Waals surface area contributed by atoms with E-state index in [1.54, 1.807) is 0 Å². The van der Waals surface area contributed by atoms with Crippen LogP contribution in [0.15, 0.2) is 24.3 Å². The number of benzene rings is 1. The Morgan fingerprint density at radius 3 is 2.41 bits per heavy atom. The second-order valence-corrected chi connectivity index (χ2v) is 12.0. The topological polar surface area (TPSA) is 114 Å². The Morgan fingerprint density at radius 2 is 1.78 bits per heavy atom. The van der Waals surface area contributed by atoms with Crippen molar-refractivity contribution < 1.29 is 31.2 Å². The molecular weight excluding hydrogens is 511 g/mol. The van der Waals surface area contributed by atoms with Crippen LogP contribution in [0, 0.1) is 29.1 Å². The summed E-state index contributed by atoms with van der Waals surface area (Å²) in [6.45, 7) is 2.95. The molecule has 0 saturated carbocycles. The van der Waals surface area contributed by atoms with Gasteiger partial charge in [-0.3, -0.25) is 9.59 Å². The van der Waals surface area contributed by atoms with E-state index in [1.807, 2.05) is 6.92 Å². The third-order valence-corrected chi connectivity index (χ3v) is 9.20. The van der Waals surface area contributed by atoms with Gasteiger partial charge in [0.1, 0.15) is 6.04 Å². The average molecular weight is 542 g/mol. The predicted molar refractivity (Wildman–Crippen MR) is 126 cm³/mol. The minimum absolute atomic E-state index is 0.0266. The fraction of sp³-hybridized carbons (Fsp3) is 0.625. The molecule has 0 aliphatic carbocycles. The van der Waals surface area contributed by atoms with Crippen molar-refractivity contribution in [3.05, 3.63) is 35.4 Å². The number of amides is 2. The first-order chi connectivity index (χ1) is 17.4. The first-order valence-corrected chi connectivity index (χ1v) is 13.7. The number of carbonyl (C=O) groups excluding carboxylic acids is 2. The van der Waals surface area contributed by atoms with Crippen molar-refractivity contribution in [2.75, 3.05) is 32.7 Å². The molecule has 3 saturated heterocycles. The molecule has 4 rings (SSSR count). The van der Waals surface area contributed by atoms with Gasteiger partial charge in [0.15, 0.2) is 0 Å². The molecule has 9 nitrogen and oxygen atoms in total. The van der Waals surface area contributed by atoms with Crippen LogP contribution in [0.3, 0.4) is 0 Å². The van der Waals surface area contributed by atoms with Gasteiger partial charge in [-0.1, -0.05) is 19.1 Å². The number of hydrogen-bond acceptors (Lipinski definition) is 5. The third kappa shape index (κ3) is 5.91. The van der Waals surface area contributed by atoms with Crippen LogP contribution in [0.25, 0.3) is 0 Å². The van der Waals surface area contributed by atoms with Crippen molar-refractivity contribution in [3.63, 3.8) is 0 Å². The van der Waals surface area contributed by atoms with Gasteiger partial charge in [-0.25, -0.2) is 0 Å². The Labute approximate surface area is 214 Å². The number of nitriles is 1. The quantitative estimate of drug-likeness (QED) is 0.592. The number of hydrogen-bond donors (Lipinski definition) is 1. The molecule has 3 heterocycles. The molecular formula is C24H30F3N5O4S. The van der Waals surface area contributed by atoms with E-state index in [-0.39, 0.29) is 49.8 Å². The second kappa shape index (κ2) is 10.6. The molecule has 3 fully saturated rings. The Kier molecular flexibility index (Phi) is 7.83. The first-order valence-electron chi connectivity index (χ1n) is 12.3. The number of nitrogens with one attached hydrogen (secondary N) is 1. The smallest absolute Gasteiger partial charge is 0.350 e. The largest absolute Gasteiger partial charge is 0.416 e. The molecule has 37 heavy (non-hydrogen) atoms. The van der Waals surface area contributed by atoms with E-state index in [0.29, 0.717) is 37.9 Å².